The minimum atomic E-state index is -0.0151. The number of amides is 1. The van der Waals surface area contributed by atoms with Crippen molar-refractivity contribution in [1.82, 2.24) is 9.88 Å². The second-order valence-corrected chi connectivity index (χ2v) is 4.31. The quantitative estimate of drug-likeness (QED) is 0.741. The molecule has 0 saturated carbocycles. The van der Waals surface area contributed by atoms with Crippen LogP contribution in [0.2, 0.25) is 0 Å². The van der Waals surface area contributed by atoms with Gasteiger partial charge in [-0.15, -0.1) is 0 Å². The van der Waals surface area contributed by atoms with Crippen LogP contribution in [-0.4, -0.2) is 41.1 Å². The molecule has 5 nitrogen and oxygen atoms in total. The highest BCUT2D eigenvalue weighted by atomic mass is 16.5. The molecule has 16 heavy (non-hydrogen) atoms. The molecule has 2 atom stereocenters. The molecule has 0 aliphatic carbocycles. The molecule has 1 aromatic rings. The minimum absolute atomic E-state index is 0.0151. The van der Waals surface area contributed by atoms with E-state index in [4.69, 9.17) is 10.5 Å². The molecule has 1 aromatic heterocycles. The number of carbonyl (C=O) groups excluding carboxylic acids is 1. The largest absolute Gasteiger partial charge is 0.397 e. The summed E-state index contributed by atoms with van der Waals surface area (Å²) in [4.78, 5) is 16.8. The van der Waals surface area contributed by atoms with Crippen molar-refractivity contribution in [2.24, 2.45) is 0 Å². The molecule has 1 saturated heterocycles. The number of aromatic amines is 1. The molecular weight excluding hydrogens is 206 g/mol. The van der Waals surface area contributed by atoms with Gasteiger partial charge in [-0.25, -0.2) is 0 Å². The summed E-state index contributed by atoms with van der Waals surface area (Å²) in [6, 6.07) is 1.66. The summed E-state index contributed by atoms with van der Waals surface area (Å²) in [7, 11) is 0. The molecule has 1 fully saturated rings. The Morgan fingerprint density at radius 2 is 2.12 bits per heavy atom. The van der Waals surface area contributed by atoms with Gasteiger partial charge >= 0.3 is 0 Å². The van der Waals surface area contributed by atoms with Gasteiger partial charge in [0.2, 0.25) is 0 Å². The van der Waals surface area contributed by atoms with Crippen molar-refractivity contribution < 1.29 is 9.53 Å². The predicted molar refractivity (Wildman–Crippen MR) is 61.1 cm³/mol. The number of hydrogen-bond donors (Lipinski definition) is 2. The molecule has 0 spiro atoms. The zero-order valence-corrected chi connectivity index (χ0v) is 9.56. The maximum atomic E-state index is 12.1. The second kappa shape index (κ2) is 4.17. The zero-order chi connectivity index (χ0) is 11.7. The van der Waals surface area contributed by atoms with Crippen LogP contribution in [0.4, 0.5) is 5.69 Å². The minimum Gasteiger partial charge on any atom is -0.397 e. The van der Waals surface area contributed by atoms with Gasteiger partial charge in [0, 0.05) is 25.0 Å². The Balaban J connectivity index is 2.09. The van der Waals surface area contributed by atoms with Gasteiger partial charge in [-0.3, -0.25) is 4.79 Å². The molecule has 88 valence electrons. The molecule has 2 heterocycles. The van der Waals surface area contributed by atoms with Gasteiger partial charge in [0.15, 0.2) is 0 Å². The summed E-state index contributed by atoms with van der Waals surface area (Å²) in [5.41, 5.74) is 6.70. The van der Waals surface area contributed by atoms with E-state index in [1.54, 1.807) is 17.2 Å². The van der Waals surface area contributed by atoms with Gasteiger partial charge < -0.3 is 20.4 Å². The number of aromatic nitrogens is 1. The summed E-state index contributed by atoms with van der Waals surface area (Å²) in [5, 5.41) is 0. The Kier molecular flexibility index (Phi) is 2.87. The van der Waals surface area contributed by atoms with Gasteiger partial charge in [-0.05, 0) is 19.9 Å². The molecule has 2 unspecified atom stereocenters. The van der Waals surface area contributed by atoms with Crippen LogP contribution in [0.5, 0.6) is 0 Å². The lowest BCUT2D eigenvalue weighted by atomic mass is 10.2. The lowest BCUT2D eigenvalue weighted by Crippen LogP contribution is -2.48. The van der Waals surface area contributed by atoms with Crippen molar-refractivity contribution in [3.05, 3.63) is 18.0 Å². The number of rotatable bonds is 1. The smallest absolute Gasteiger partial charge is 0.270 e. The van der Waals surface area contributed by atoms with Crippen LogP contribution in [0.15, 0.2) is 12.3 Å². The van der Waals surface area contributed by atoms with E-state index in [-0.39, 0.29) is 18.1 Å². The molecular formula is C11H17N3O2. The monoisotopic (exact) mass is 223 g/mol. The van der Waals surface area contributed by atoms with Gasteiger partial charge in [0.1, 0.15) is 5.69 Å². The fourth-order valence-corrected chi connectivity index (χ4v) is 2.05. The van der Waals surface area contributed by atoms with E-state index in [1.165, 1.54) is 0 Å². The molecule has 5 heteroatoms. The lowest BCUT2D eigenvalue weighted by molar-refractivity contribution is -0.0587. The summed E-state index contributed by atoms with van der Waals surface area (Å²) in [6.07, 6.45) is 1.79. The standard InChI is InChI=1S/C11H17N3O2/c1-7-5-14(6-8(2)16-7)11(15)10-3-9(12)4-13-10/h3-4,7-8,13H,5-6,12H2,1-2H3. The molecule has 0 aromatic carbocycles. The maximum absolute atomic E-state index is 12.1. The fourth-order valence-electron chi connectivity index (χ4n) is 2.05. The first-order valence-corrected chi connectivity index (χ1v) is 5.45. The Morgan fingerprint density at radius 3 is 2.62 bits per heavy atom. The van der Waals surface area contributed by atoms with E-state index in [2.05, 4.69) is 4.98 Å². The second-order valence-electron chi connectivity index (χ2n) is 4.31. The number of H-pyrrole nitrogens is 1. The molecule has 0 bridgehead atoms. The van der Waals surface area contributed by atoms with Crippen LogP contribution in [0.25, 0.3) is 0 Å². The lowest BCUT2D eigenvalue weighted by Gasteiger charge is -2.35. The molecule has 3 N–H and O–H groups in total. The van der Waals surface area contributed by atoms with Crippen LogP contribution in [0.3, 0.4) is 0 Å². The summed E-state index contributed by atoms with van der Waals surface area (Å²) in [6.45, 7) is 5.20. The van der Waals surface area contributed by atoms with E-state index < -0.39 is 0 Å². The molecule has 0 radical (unpaired) electrons. The number of carbonyl (C=O) groups is 1. The summed E-state index contributed by atoms with van der Waals surface area (Å²) >= 11 is 0. The van der Waals surface area contributed by atoms with Crippen molar-refractivity contribution >= 4 is 11.6 Å². The molecule has 2 rings (SSSR count). The Bertz CT molecular complexity index is 378. The number of morpholine rings is 1. The molecule has 1 aliphatic rings. The molecule has 1 aliphatic heterocycles. The number of hydrogen-bond acceptors (Lipinski definition) is 3. The summed E-state index contributed by atoms with van der Waals surface area (Å²) in [5.74, 6) is -0.0151. The highest BCUT2D eigenvalue weighted by molar-refractivity contribution is 5.93. The van der Waals surface area contributed by atoms with Crippen molar-refractivity contribution in [1.29, 1.82) is 0 Å². The average molecular weight is 223 g/mol. The van der Waals surface area contributed by atoms with E-state index in [9.17, 15) is 4.79 Å². The van der Waals surface area contributed by atoms with Crippen LogP contribution in [0, 0.1) is 0 Å². The van der Waals surface area contributed by atoms with Gasteiger partial charge in [0.25, 0.3) is 5.91 Å². The first-order chi connectivity index (χ1) is 7.56. The third-order valence-electron chi connectivity index (χ3n) is 2.64. The predicted octanol–water partition coefficient (Wildman–Crippen LogP) is 0.846. The van der Waals surface area contributed by atoms with E-state index in [0.717, 1.165) is 0 Å². The number of nitrogens with one attached hydrogen (secondary N) is 1. The van der Waals surface area contributed by atoms with Crippen LogP contribution < -0.4 is 5.73 Å². The Morgan fingerprint density at radius 1 is 1.50 bits per heavy atom. The molecule has 1 amide bonds. The fraction of sp³-hybridized carbons (Fsp3) is 0.545. The first kappa shape index (κ1) is 11.0. The third-order valence-corrected chi connectivity index (χ3v) is 2.64. The van der Waals surface area contributed by atoms with E-state index in [0.29, 0.717) is 24.5 Å². The van der Waals surface area contributed by atoms with Crippen molar-refractivity contribution in [3.8, 4) is 0 Å². The van der Waals surface area contributed by atoms with Crippen molar-refractivity contribution in [3.63, 3.8) is 0 Å². The number of nitrogen functional groups attached to an aromatic ring is 1. The first-order valence-electron chi connectivity index (χ1n) is 5.45. The van der Waals surface area contributed by atoms with Gasteiger partial charge in [-0.1, -0.05) is 0 Å². The Hall–Kier alpha value is -1.49. The topological polar surface area (TPSA) is 71.3 Å². The van der Waals surface area contributed by atoms with Crippen LogP contribution >= 0.6 is 0 Å². The number of nitrogens with two attached hydrogens (primary N) is 1. The van der Waals surface area contributed by atoms with E-state index in [1.807, 2.05) is 13.8 Å². The van der Waals surface area contributed by atoms with Crippen molar-refractivity contribution in [2.75, 3.05) is 18.8 Å². The highest BCUT2D eigenvalue weighted by Gasteiger charge is 2.27. The third kappa shape index (κ3) is 2.19. The number of nitrogens with zero attached hydrogens (tertiary/aromatic N) is 1. The van der Waals surface area contributed by atoms with Gasteiger partial charge in [0.05, 0.1) is 12.2 Å². The maximum Gasteiger partial charge on any atom is 0.270 e. The number of anilines is 1. The van der Waals surface area contributed by atoms with Gasteiger partial charge in [-0.2, -0.15) is 0 Å². The Labute approximate surface area is 94.6 Å². The highest BCUT2D eigenvalue weighted by Crippen LogP contribution is 2.14. The number of ether oxygens (including phenoxy) is 1. The van der Waals surface area contributed by atoms with Crippen LogP contribution in [-0.2, 0) is 4.74 Å². The summed E-state index contributed by atoms with van der Waals surface area (Å²) < 4.78 is 5.58. The van der Waals surface area contributed by atoms with Crippen molar-refractivity contribution in [2.45, 2.75) is 26.1 Å². The van der Waals surface area contributed by atoms with Crippen LogP contribution in [0.1, 0.15) is 24.3 Å². The van der Waals surface area contributed by atoms with E-state index >= 15 is 0 Å². The normalized spacial score (nSPS) is 25.8. The zero-order valence-electron chi connectivity index (χ0n) is 9.56. The average Bonchev–Trinajstić information content (AvgIpc) is 2.62. The SMILES string of the molecule is CC1CN(C(=O)c2cc(N)c[nH]2)CC(C)O1.